The van der Waals surface area contributed by atoms with E-state index in [1.165, 1.54) is 0 Å². The molecular formula is C16H19N3O4. The van der Waals surface area contributed by atoms with Gasteiger partial charge in [-0.25, -0.2) is 4.79 Å². The fourth-order valence-electron chi connectivity index (χ4n) is 2.07. The number of carbonyl (C=O) groups is 1. The Morgan fingerprint density at radius 2 is 2.04 bits per heavy atom. The maximum absolute atomic E-state index is 11.9. The summed E-state index contributed by atoms with van der Waals surface area (Å²) in [6.07, 6.45) is 2.10. The highest BCUT2D eigenvalue weighted by molar-refractivity contribution is 5.91. The lowest BCUT2D eigenvalue weighted by Gasteiger charge is -2.15. The van der Waals surface area contributed by atoms with Crippen LogP contribution < -0.4 is 21.3 Å². The maximum atomic E-state index is 11.9. The van der Waals surface area contributed by atoms with Crippen molar-refractivity contribution in [3.63, 3.8) is 0 Å². The fraction of sp³-hybridized carbons (Fsp3) is 0.312. The summed E-state index contributed by atoms with van der Waals surface area (Å²) in [5.41, 5.74) is -0.299. The lowest BCUT2D eigenvalue weighted by molar-refractivity contribution is -0.118. The topological polar surface area (TPSA) is 104 Å². The van der Waals surface area contributed by atoms with Gasteiger partial charge in [-0.2, -0.15) is 0 Å². The van der Waals surface area contributed by atoms with E-state index in [2.05, 4.69) is 24.1 Å². The summed E-state index contributed by atoms with van der Waals surface area (Å²) < 4.78 is 5.56. The van der Waals surface area contributed by atoms with Gasteiger partial charge in [0.1, 0.15) is 11.4 Å². The predicted octanol–water partition coefficient (Wildman–Crippen LogP) is 1.59. The van der Waals surface area contributed by atoms with Crippen molar-refractivity contribution in [2.24, 2.45) is 0 Å². The van der Waals surface area contributed by atoms with Crippen LogP contribution in [0.5, 0.6) is 5.75 Å². The van der Waals surface area contributed by atoms with Gasteiger partial charge >= 0.3 is 5.69 Å². The molecule has 2 aromatic rings. The number of aromatic nitrogens is 2. The molecule has 7 heteroatoms. The Hall–Kier alpha value is -2.83. The number of nitrogens with one attached hydrogen (secondary N) is 3. The number of carbonyl (C=O) groups excluding carboxylic acids is 1. The summed E-state index contributed by atoms with van der Waals surface area (Å²) in [5.74, 6) is 0.477. The molecule has 7 nitrogen and oxygen atoms in total. The number of hydrogen-bond acceptors (Lipinski definition) is 4. The van der Waals surface area contributed by atoms with Gasteiger partial charge in [0.2, 0.25) is 0 Å². The van der Waals surface area contributed by atoms with E-state index in [4.69, 9.17) is 4.74 Å². The van der Waals surface area contributed by atoms with Crippen LogP contribution in [-0.2, 0) is 4.79 Å². The van der Waals surface area contributed by atoms with Crippen LogP contribution in [0.4, 0.5) is 5.69 Å². The molecule has 0 bridgehead atoms. The van der Waals surface area contributed by atoms with E-state index in [0.717, 1.165) is 18.2 Å². The Bertz CT molecular complexity index is 794. The van der Waals surface area contributed by atoms with Crippen molar-refractivity contribution in [3.05, 3.63) is 56.9 Å². The number of rotatable bonds is 6. The molecule has 0 aliphatic carbocycles. The molecule has 0 aliphatic heterocycles. The van der Waals surface area contributed by atoms with Crippen LogP contribution in [-0.4, -0.2) is 22.5 Å². The largest absolute Gasteiger partial charge is 0.483 e. The lowest BCUT2D eigenvalue weighted by Crippen LogP contribution is -2.28. The van der Waals surface area contributed by atoms with Crippen LogP contribution in [0.1, 0.15) is 31.7 Å². The SMILES string of the molecule is CC[C@@H](C)c1ccccc1OCC(=O)Nc1c[nH]c(=O)[nH]c1=O. The number of aromatic amines is 2. The van der Waals surface area contributed by atoms with Crippen molar-refractivity contribution in [3.8, 4) is 5.75 Å². The van der Waals surface area contributed by atoms with Gasteiger partial charge in [-0.05, 0) is 24.0 Å². The quantitative estimate of drug-likeness (QED) is 0.752. The van der Waals surface area contributed by atoms with Crippen molar-refractivity contribution in [1.82, 2.24) is 9.97 Å². The molecule has 1 aromatic heterocycles. The van der Waals surface area contributed by atoms with E-state index in [0.29, 0.717) is 11.7 Å². The van der Waals surface area contributed by atoms with Crippen LogP contribution in [0.15, 0.2) is 40.1 Å². The minimum Gasteiger partial charge on any atom is -0.483 e. The van der Waals surface area contributed by atoms with Crippen LogP contribution in [0, 0.1) is 0 Å². The third-order valence-electron chi connectivity index (χ3n) is 3.51. The number of ether oxygens (including phenoxy) is 1. The molecule has 0 radical (unpaired) electrons. The van der Waals surface area contributed by atoms with Gasteiger partial charge in [-0.1, -0.05) is 32.0 Å². The summed E-state index contributed by atoms with van der Waals surface area (Å²) in [6.45, 7) is 3.94. The smallest absolute Gasteiger partial charge is 0.325 e. The van der Waals surface area contributed by atoms with Gasteiger partial charge in [0.05, 0.1) is 0 Å². The first-order valence-electron chi connectivity index (χ1n) is 7.34. The number of amides is 1. The van der Waals surface area contributed by atoms with E-state index in [9.17, 15) is 14.4 Å². The van der Waals surface area contributed by atoms with Crippen molar-refractivity contribution in [2.75, 3.05) is 11.9 Å². The van der Waals surface area contributed by atoms with Gasteiger partial charge in [0, 0.05) is 6.20 Å². The van der Waals surface area contributed by atoms with Crippen LogP contribution in [0.3, 0.4) is 0 Å². The Kier molecular flexibility index (Phi) is 5.35. The number of anilines is 1. The third-order valence-corrected chi connectivity index (χ3v) is 3.51. The van der Waals surface area contributed by atoms with E-state index < -0.39 is 17.2 Å². The molecule has 1 atom stereocenters. The second-order valence-corrected chi connectivity index (χ2v) is 5.17. The highest BCUT2D eigenvalue weighted by atomic mass is 16.5. The first kappa shape index (κ1) is 16.5. The Morgan fingerprint density at radius 3 is 2.74 bits per heavy atom. The first-order chi connectivity index (χ1) is 11.0. The molecule has 0 aliphatic rings. The summed E-state index contributed by atoms with van der Waals surface area (Å²) in [4.78, 5) is 38.6. The second-order valence-electron chi connectivity index (χ2n) is 5.17. The molecular weight excluding hydrogens is 298 g/mol. The highest BCUT2D eigenvalue weighted by Crippen LogP contribution is 2.28. The Labute approximate surface area is 132 Å². The molecule has 0 saturated heterocycles. The summed E-state index contributed by atoms with van der Waals surface area (Å²) in [7, 11) is 0. The van der Waals surface area contributed by atoms with E-state index in [1.807, 2.05) is 29.2 Å². The molecule has 1 aromatic carbocycles. The number of para-hydroxylation sites is 1. The zero-order valence-corrected chi connectivity index (χ0v) is 13.0. The molecule has 0 unspecified atom stereocenters. The zero-order valence-electron chi connectivity index (χ0n) is 13.0. The van der Waals surface area contributed by atoms with Crippen molar-refractivity contribution in [1.29, 1.82) is 0 Å². The average Bonchev–Trinajstić information content (AvgIpc) is 2.55. The van der Waals surface area contributed by atoms with Crippen LogP contribution >= 0.6 is 0 Å². The number of H-pyrrole nitrogens is 2. The molecule has 0 fully saturated rings. The first-order valence-corrected chi connectivity index (χ1v) is 7.34. The number of hydrogen-bond donors (Lipinski definition) is 3. The average molecular weight is 317 g/mol. The van der Waals surface area contributed by atoms with Gasteiger partial charge in [0.15, 0.2) is 6.61 Å². The predicted molar refractivity (Wildman–Crippen MR) is 87.0 cm³/mol. The second kappa shape index (κ2) is 7.44. The number of benzene rings is 1. The normalized spacial score (nSPS) is 11.7. The van der Waals surface area contributed by atoms with Gasteiger partial charge < -0.3 is 15.0 Å². The molecule has 2 rings (SSSR count). The molecule has 1 amide bonds. The van der Waals surface area contributed by atoms with E-state index in [-0.39, 0.29) is 12.3 Å². The lowest BCUT2D eigenvalue weighted by atomic mass is 9.98. The molecule has 0 saturated carbocycles. The molecule has 23 heavy (non-hydrogen) atoms. The summed E-state index contributed by atoms with van der Waals surface area (Å²) in [5, 5.41) is 2.39. The van der Waals surface area contributed by atoms with Crippen molar-refractivity contribution < 1.29 is 9.53 Å². The van der Waals surface area contributed by atoms with Crippen LogP contribution in [0.25, 0.3) is 0 Å². The minimum atomic E-state index is -0.665. The molecule has 0 spiro atoms. The van der Waals surface area contributed by atoms with Crippen molar-refractivity contribution >= 4 is 11.6 Å². The minimum absolute atomic E-state index is 0.0339. The fourth-order valence-corrected chi connectivity index (χ4v) is 2.07. The standard InChI is InChI=1S/C16H19N3O4/c1-3-10(2)11-6-4-5-7-13(11)23-9-14(20)18-12-8-17-16(22)19-15(12)21/h4-8,10H,3,9H2,1-2H3,(H,18,20)(H2,17,19,21,22)/t10-/m1/s1. The van der Waals surface area contributed by atoms with Gasteiger partial charge in [0.25, 0.3) is 11.5 Å². The Balaban J connectivity index is 2.02. The molecule has 122 valence electrons. The van der Waals surface area contributed by atoms with Crippen LogP contribution in [0.2, 0.25) is 0 Å². The Morgan fingerprint density at radius 1 is 1.30 bits per heavy atom. The maximum Gasteiger partial charge on any atom is 0.325 e. The zero-order chi connectivity index (χ0) is 16.8. The molecule has 1 heterocycles. The van der Waals surface area contributed by atoms with Gasteiger partial charge in [-0.3, -0.25) is 14.6 Å². The monoisotopic (exact) mass is 317 g/mol. The van der Waals surface area contributed by atoms with Crippen molar-refractivity contribution in [2.45, 2.75) is 26.2 Å². The van der Waals surface area contributed by atoms with E-state index >= 15 is 0 Å². The summed E-state index contributed by atoms with van der Waals surface area (Å²) in [6, 6.07) is 7.54. The van der Waals surface area contributed by atoms with E-state index in [1.54, 1.807) is 0 Å². The summed E-state index contributed by atoms with van der Waals surface area (Å²) >= 11 is 0. The highest BCUT2D eigenvalue weighted by Gasteiger charge is 2.12. The third kappa shape index (κ3) is 4.32. The molecule has 3 N–H and O–H groups in total. The van der Waals surface area contributed by atoms with Gasteiger partial charge in [-0.15, -0.1) is 0 Å².